The summed E-state index contributed by atoms with van der Waals surface area (Å²) in [5.41, 5.74) is 2.86. The van der Waals surface area contributed by atoms with Gasteiger partial charge in [0, 0.05) is 45.5 Å². The molecule has 1 amide bonds. The monoisotopic (exact) mass is 398 g/mol. The van der Waals surface area contributed by atoms with E-state index < -0.39 is 0 Å². The first-order chi connectivity index (χ1) is 14.0. The summed E-state index contributed by atoms with van der Waals surface area (Å²) >= 11 is 0. The third kappa shape index (κ3) is 3.57. The van der Waals surface area contributed by atoms with E-state index in [1.807, 2.05) is 34.9 Å². The number of rotatable bonds is 5. The highest BCUT2D eigenvalue weighted by Crippen LogP contribution is 2.32. The predicted octanol–water partition coefficient (Wildman–Crippen LogP) is 1.60. The standard InChI is InChI=1S/C20H26N6O3/c1-3-16-19(26(28)29)20(22(2)21-16)24-12-10-23(11-13-24)14-18(27)25-9-8-15-6-4-5-7-17(15)25/h4-7H,3,8-14H2,1-2H3. The van der Waals surface area contributed by atoms with Crippen molar-refractivity contribution < 1.29 is 9.72 Å². The van der Waals surface area contributed by atoms with Gasteiger partial charge in [-0.25, -0.2) is 4.68 Å². The maximum absolute atomic E-state index is 12.8. The molecule has 0 N–H and O–H groups in total. The number of hydrogen-bond acceptors (Lipinski definition) is 6. The second kappa shape index (κ2) is 7.82. The van der Waals surface area contributed by atoms with E-state index in [0.717, 1.165) is 18.7 Å². The Morgan fingerprint density at radius 3 is 2.59 bits per heavy atom. The molecule has 154 valence electrons. The van der Waals surface area contributed by atoms with Gasteiger partial charge in [-0.3, -0.25) is 19.8 Å². The molecule has 1 fully saturated rings. The van der Waals surface area contributed by atoms with Crippen LogP contribution in [0.2, 0.25) is 0 Å². The Morgan fingerprint density at radius 1 is 1.17 bits per heavy atom. The Labute approximate surface area is 169 Å². The predicted molar refractivity (Wildman–Crippen MR) is 110 cm³/mol. The molecule has 9 heteroatoms. The first-order valence-corrected chi connectivity index (χ1v) is 10.1. The maximum Gasteiger partial charge on any atom is 0.334 e. The van der Waals surface area contributed by atoms with Crippen LogP contribution in [-0.2, 0) is 24.7 Å². The van der Waals surface area contributed by atoms with Crippen molar-refractivity contribution in [3.05, 3.63) is 45.6 Å². The molecule has 0 radical (unpaired) electrons. The summed E-state index contributed by atoms with van der Waals surface area (Å²) in [5, 5.41) is 15.9. The lowest BCUT2D eigenvalue weighted by Crippen LogP contribution is -2.50. The molecule has 4 rings (SSSR count). The van der Waals surface area contributed by atoms with Crippen LogP contribution in [0.1, 0.15) is 18.2 Å². The second-order valence-electron chi connectivity index (χ2n) is 7.54. The molecule has 29 heavy (non-hydrogen) atoms. The quantitative estimate of drug-likeness (QED) is 0.562. The number of nitro groups is 1. The van der Waals surface area contributed by atoms with Crippen molar-refractivity contribution >= 4 is 23.1 Å². The lowest BCUT2D eigenvalue weighted by atomic mass is 10.2. The highest BCUT2D eigenvalue weighted by molar-refractivity contribution is 5.96. The Hall–Kier alpha value is -2.94. The van der Waals surface area contributed by atoms with Crippen molar-refractivity contribution in [3.63, 3.8) is 0 Å². The lowest BCUT2D eigenvalue weighted by Gasteiger charge is -2.35. The number of hydrogen-bond donors (Lipinski definition) is 0. The van der Waals surface area contributed by atoms with E-state index in [1.54, 1.807) is 11.7 Å². The van der Waals surface area contributed by atoms with Crippen molar-refractivity contribution in [1.82, 2.24) is 14.7 Å². The SMILES string of the molecule is CCc1nn(C)c(N2CCN(CC(=O)N3CCc4ccccc43)CC2)c1[N+](=O)[O-]. The van der Waals surface area contributed by atoms with Gasteiger partial charge in [0.15, 0.2) is 0 Å². The maximum atomic E-state index is 12.8. The van der Waals surface area contributed by atoms with Gasteiger partial charge >= 0.3 is 5.69 Å². The van der Waals surface area contributed by atoms with Crippen LogP contribution in [0.5, 0.6) is 0 Å². The molecule has 2 aliphatic rings. The molecule has 0 bridgehead atoms. The van der Waals surface area contributed by atoms with Gasteiger partial charge in [-0.05, 0) is 24.5 Å². The molecule has 2 aromatic rings. The Bertz CT molecular complexity index is 932. The summed E-state index contributed by atoms with van der Waals surface area (Å²) in [4.78, 5) is 30.1. The van der Waals surface area contributed by atoms with E-state index in [9.17, 15) is 14.9 Å². The number of aromatic nitrogens is 2. The molecular weight excluding hydrogens is 372 g/mol. The van der Waals surface area contributed by atoms with Crippen LogP contribution >= 0.6 is 0 Å². The van der Waals surface area contributed by atoms with Crippen LogP contribution in [0.4, 0.5) is 17.2 Å². The molecular formula is C20H26N6O3. The topological polar surface area (TPSA) is 87.8 Å². The second-order valence-corrected chi connectivity index (χ2v) is 7.54. The number of aryl methyl sites for hydroxylation is 2. The number of carbonyl (C=O) groups excluding carboxylic acids is 1. The average Bonchev–Trinajstić information content (AvgIpc) is 3.29. The fraction of sp³-hybridized carbons (Fsp3) is 0.500. The fourth-order valence-corrected chi connectivity index (χ4v) is 4.33. The van der Waals surface area contributed by atoms with Crippen LogP contribution in [0.25, 0.3) is 0 Å². The highest BCUT2D eigenvalue weighted by atomic mass is 16.6. The van der Waals surface area contributed by atoms with Crippen LogP contribution in [0.3, 0.4) is 0 Å². The van der Waals surface area contributed by atoms with Gasteiger partial charge in [0.05, 0.1) is 11.5 Å². The van der Waals surface area contributed by atoms with Gasteiger partial charge in [-0.15, -0.1) is 0 Å². The third-order valence-corrected chi connectivity index (χ3v) is 5.80. The third-order valence-electron chi connectivity index (χ3n) is 5.80. The number of fused-ring (bicyclic) bond motifs is 1. The molecule has 0 spiro atoms. The Balaban J connectivity index is 1.40. The minimum absolute atomic E-state index is 0.105. The van der Waals surface area contributed by atoms with Crippen LogP contribution in [-0.4, -0.2) is 64.8 Å². The summed E-state index contributed by atoms with van der Waals surface area (Å²) in [6.45, 7) is 5.62. The van der Waals surface area contributed by atoms with Gasteiger partial charge in [-0.2, -0.15) is 5.10 Å². The van der Waals surface area contributed by atoms with Gasteiger partial charge in [0.1, 0.15) is 5.69 Å². The number of benzene rings is 1. The Morgan fingerprint density at radius 2 is 1.90 bits per heavy atom. The molecule has 1 aromatic heterocycles. The summed E-state index contributed by atoms with van der Waals surface area (Å²) in [6, 6.07) is 8.06. The van der Waals surface area contributed by atoms with Gasteiger partial charge in [0.2, 0.25) is 11.7 Å². The van der Waals surface area contributed by atoms with Crippen molar-refractivity contribution in [2.75, 3.05) is 49.1 Å². The van der Waals surface area contributed by atoms with Crippen molar-refractivity contribution in [1.29, 1.82) is 0 Å². The van der Waals surface area contributed by atoms with E-state index in [-0.39, 0.29) is 16.5 Å². The van der Waals surface area contributed by atoms with Gasteiger partial charge in [0.25, 0.3) is 0 Å². The largest absolute Gasteiger partial charge is 0.349 e. The zero-order chi connectivity index (χ0) is 20.5. The molecule has 0 aliphatic carbocycles. The van der Waals surface area contributed by atoms with Crippen molar-refractivity contribution in [3.8, 4) is 0 Å². The highest BCUT2D eigenvalue weighted by Gasteiger charge is 2.32. The molecule has 0 atom stereocenters. The summed E-state index contributed by atoms with van der Waals surface area (Å²) < 4.78 is 1.61. The summed E-state index contributed by atoms with van der Waals surface area (Å²) in [7, 11) is 1.75. The van der Waals surface area contributed by atoms with E-state index in [1.165, 1.54) is 5.56 Å². The normalized spacial score (nSPS) is 16.9. The lowest BCUT2D eigenvalue weighted by molar-refractivity contribution is -0.384. The van der Waals surface area contributed by atoms with E-state index >= 15 is 0 Å². The number of nitrogens with zero attached hydrogens (tertiary/aromatic N) is 6. The minimum Gasteiger partial charge on any atom is -0.349 e. The molecule has 2 aliphatic heterocycles. The van der Waals surface area contributed by atoms with E-state index in [4.69, 9.17) is 0 Å². The van der Waals surface area contributed by atoms with Crippen LogP contribution in [0, 0.1) is 10.1 Å². The molecule has 1 aromatic carbocycles. The average molecular weight is 398 g/mol. The van der Waals surface area contributed by atoms with Crippen LogP contribution < -0.4 is 9.80 Å². The van der Waals surface area contributed by atoms with E-state index in [2.05, 4.69) is 16.1 Å². The van der Waals surface area contributed by atoms with Crippen molar-refractivity contribution in [2.45, 2.75) is 19.8 Å². The molecule has 0 unspecified atom stereocenters. The van der Waals surface area contributed by atoms with Crippen LogP contribution in [0.15, 0.2) is 24.3 Å². The molecule has 0 saturated carbocycles. The number of carbonyl (C=O) groups is 1. The number of anilines is 2. The van der Waals surface area contributed by atoms with Gasteiger partial charge in [-0.1, -0.05) is 25.1 Å². The fourth-order valence-electron chi connectivity index (χ4n) is 4.33. The van der Waals surface area contributed by atoms with Gasteiger partial charge < -0.3 is 9.80 Å². The van der Waals surface area contributed by atoms with E-state index in [0.29, 0.717) is 50.7 Å². The zero-order valence-electron chi connectivity index (χ0n) is 16.9. The smallest absolute Gasteiger partial charge is 0.334 e. The molecule has 1 saturated heterocycles. The first kappa shape index (κ1) is 19.4. The van der Waals surface area contributed by atoms with Crippen molar-refractivity contribution in [2.24, 2.45) is 7.05 Å². The molecule has 3 heterocycles. The Kier molecular flexibility index (Phi) is 5.23. The summed E-state index contributed by atoms with van der Waals surface area (Å²) in [6.07, 6.45) is 1.43. The first-order valence-electron chi connectivity index (χ1n) is 10.1. The minimum atomic E-state index is -0.331. The zero-order valence-corrected chi connectivity index (χ0v) is 16.9. The number of para-hydroxylation sites is 1. The number of piperazine rings is 1. The summed E-state index contributed by atoms with van der Waals surface area (Å²) in [5.74, 6) is 0.675. The molecule has 9 nitrogen and oxygen atoms in total. The number of amides is 1.